The summed E-state index contributed by atoms with van der Waals surface area (Å²) >= 11 is 4.18. The molecule has 0 amide bonds. The molecule has 0 unspecified atom stereocenters. The maximum atomic E-state index is 11.8. The molecule has 0 saturated carbocycles. The second-order valence-corrected chi connectivity index (χ2v) is 6.54. The number of para-hydroxylation sites is 1. The smallest absolute Gasteiger partial charge is 0.285 e. The van der Waals surface area contributed by atoms with E-state index in [1.165, 1.54) is 6.34 Å². The molecule has 1 aliphatic rings. The first-order valence-corrected chi connectivity index (χ1v) is 8.49. The molecule has 0 spiro atoms. The van der Waals surface area contributed by atoms with Crippen LogP contribution in [0.15, 0.2) is 33.6 Å². The van der Waals surface area contributed by atoms with Crippen molar-refractivity contribution >= 4 is 34.7 Å². The summed E-state index contributed by atoms with van der Waals surface area (Å²) in [6.07, 6.45) is 5.86. The summed E-state index contributed by atoms with van der Waals surface area (Å²) in [6.45, 7) is 0.794. The highest BCUT2D eigenvalue weighted by Gasteiger charge is 2.24. The third-order valence-electron chi connectivity index (χ3n) is 3.09. The molecule has 1 heterocycles. The minimum Gasteiger partial charge on any atom is -0.331 e. The Morgan fingerprint density at radius 3 is 2.63 bits per heavy atom. The van der Waals surface area contributed by atoms with Crippen molar-refractivity contribution in [1.82, 2.24) is 0 Å². The minimum absolute atomic E-state index is 0.299. The molecule has 6 heteroatoms. The molecule has 0 atom stereocenters. The maximum absolute atomic E-state index is 11.8. The lowest BCUT2D eigenvalue weighted by atomic mass is 10.2. The van der Waals surface area contributed by atoms with Crippen LogP contribution in [0.4, 0.5) is 5.69 Å². The van der Waals surface area contributed by atoms with Gasteiger partial charge in [-0.2, -0.15) is 21.0 Å². The summed E-state index contributed by atoms with van der Waals surface area (Å²) in [5, 5.41) is 0. The van der Waals surface area contributed by atoms with Gasteiger partial charge in [-0.3, -0.25) is 0 Å². The Bertz CT molecular complexity index is 556. The Balaban J connectivity index is 2.04. The van der Waals surface area contributed by atoms with Gasteiger partial charge >= 0.3 is 0 Å². The zero-order valence-corrected chi connectivity index (χ0v) is 12.4. The van der Waals surface area contributed by atoms with Gasteiger partial charge in [0.05, 0.1) is 5.69 Å². The van der Waals surface area contributed by atoms with E-state index in [2.05, 4.69) is 17.0 Å². The molecule has 0 aromatic heterocycles. The van der Waals surface area contributed by atoms with Gasteiger partial charge < -0.3 is 4.90 Å². The van der Waals surface area contributed by atoms with Crippen LogP contribution in [0, 0.1) is 0 Å². The predicted molar refractivity (Wildman–Crippen MR) is 81.8 cm³/mol. The van der Waals surface area contributed by atoms with Crippen molar-refractivity contribution in [3.63, 3.8) is 0 Å². The molecular weight excluding hydrogens is 280 g/mol. The van der Waals surface area contributed by atoms with Gasteiger partial charge in [0.2, 0.25) is 0 Å². The highest BCUT2D eigenvalue weighted by Crippen LogP contribution is 2.29. The van der Waals surface area contributed by atoms with Gasteiger partial charge in [-0.05, 0) is 30.7 Å². The monoisotopic (exact) mass is 298 g/mol. The number of hydrogen-bond acceptors (Lipinski definition) is 4. The molecule has 4 nitrogen and oxygen atoms in total. The van der Waals surface area contributed by atoms with E-state index in [1.54, 1.807) is 12.1 Å². The highest BCUT2D eigenvalue weighted by atomic mass is 32.2. The van der Waals surface area contributed by atoms with Crippen LogP contribution >= 0.6 is 12.6 Å². The van der Waals surface area contributed by atoms with Crippen molar-refractivity contribution in [2.75, 3.05) is 17.2 Å². The maximum Gasteiger partial charge on any atom is 0.285 e. The molecule has 0 radical (unpaired) electrons. The first-order valence-electron chi connectivity index (χ1n) is 6.42. The second kappa shape index (κ2) is 6.43. The molecule has 0 aliphatic carbocycles. The quantitative estimate of drug-likeness (QED) is 0.649. The number of nitrogens with zero attached hydrogens (tertiary/aromatic N) is 2. The van der Waals surface area contributed by atoms with Crippen molar-refractivity contribution in [2.24, 2.45) is 4.40 Å². The summed E-state index contributed by atoms with van der Waals surface area (Å²) in [4.78, 5) is 2.21. The van der Waals surface area contributed by atoms with Gasteiger partial charge in [-0.25, -0.2) is 0 Å². The molecule has 2 rings (SSSR count). The van der Waals surface area contributed by atoms with Crippen LogP contribution in [0.1, 0.15) is 25.7 Å². The first-order chi connectivity index (χ1) is 9.15. The third kappa shape index (κ3) is 3.51. The lowest BCUT2D eigenvalue weighted by Crippen LogP contribution is -2.28. The number of anilines is 1. The number of thiol groups is 1. The fourth-order valence-electron chi connectivity index (χ4n) is 2.08. The molecule has 104 valence electrons. The van der Waals surface area contributed by atoms with Crippen LogP contribution in [0.25, 0.3) is 0 Å². The van der Waals surface area contributed by atoms with Gasteiger partial charge in [-0.15, -0.1) is 4.40 Å². The van der Waals surface area contributed by atoms with Gasteiger partial charge in [0.1, 0.15) is 11.2 Å². The average Bonchev–Trinajstić information content (AvgIpc) is 2.41. The summed E-state index contributed by atoms with van der Waals surface area (Å²) in [6, 6.07) is 7.00. The number of rotatable bonds is 6. The SMILES string of the molecule is O=S1(=O)N=CN(CCCCCCS)c2ccccc21. The van der Waals surface area contributed by atoms with Crippen molar-refractivity contribution in [1.29, 1.82) is 0 Å². The fraction of sp³-hybridized carbons (Fsp3) is 0.462. The van der Waals surface area contributed by atoms with E-state index in [1.807, 2.05) is 17.0 Å². The van der Waals surface area contributed by atoms with E-state index >= 15 is 0 Å². The lowest BCUT2D eigenvalue weighted by Gasteiger charge is -2.24. The lowest BCUT2D eigenvalue weighted by molar-refractivity contribution is 0.596. The van der Waals surface area contributed by atoms with Crippen molar-refractivity contribution in [3.8, 4) is 0 Å². The van der Waals surface area contributed by atoms with Crippen LogP contribution in [-0.4, -0.2) is 27.1 Å². The summed E-state index contributed by atoms with van der Waals surface area (Å²) in [5.74, 6) is 0.923. The van der Waals surface area contributed by atoms with Crippen LogP contribution in [-0.2, 0) is 10.0 Å². The molecular formula is C13H18N2O2S2. The molecule has 1 aliphatic heterocycles. The van der Waals surface area contributed by atoms with Gasteiger partial charge in [0, 0.05) is 6.54 Å². The number of fused-ring (bicyclic) bond motifs is 1. The molecule has 0 saturated heterocycles. The van der Waals surface area contributed by atoms with Crippen LogP contribution in [0.2, 0.25) is 0 Å². The summed E-state index contributed by atoms with van der Waals surface area (Å²) < 4.78 is 27.3. The molecule has 1 aromatic carbocycles. The zero-order valence-electron chi connectivity index (χ0n) is 10.7. The normalized spacial score (nSPS) is 16.4. The predicted octanol–water partition coefficient (Wildman–Crippen LogP) is 2.71. The van der Waals surface area contributed by atoms with Crippen molar-refractivity contribution < 1.29 is 8.42 Å². The average molecular weight is 298 g/mol. The number of hydrogen-bond donors (Lipinski definition) is 1. The standard InChI is InChI=1S/C13H18N2O2S2/c16-19(17)13-8-4-3-7-12(13)15(11-14-19)9-5-1-2-6-10-18/h3-4,7-8,11,18H,1-2,5-6,9-10H2. The Hall–Kier alpha value is -1.01. The molecule has 0 fully saturated rings. The number of unbranched alkanes of at least 4 members (excludes halogenated alkanes) is 3. The Kier molecular flexibility index (Phi) is 4.87. The Morgan fingerprint density at radius 2 is 1.84 bits per heavy atom. The van der Waals surface area contributed by atoms with E-state index in [0.29, 0.717) is 4.90 Å². The van der Waals surface area contributed by atoms with Gasteiger partial charge in [0.25, 0.3) is 10.0 Å². The number of benzene rings is 1. The van der Waals surface area contributed by atoms with Crippen molar-refractivity contribution in [3.05, 3.63) is 24.3 Å². The van der Waals surface area contributed by atoms with E-state index in [-0.39, 0.29) is 0 Å². The molecule has 0 N–H and O–H groups in total. The van der Waals surface area contributed by atoms with Crippen LogP contribution < -0.4 is 4.90 Å². The first kappa shape index (κ1) is 14.4. The van der Waals surface area contributed by atoms with Crippen LogP contribution in [0.3, 0.4) is 0 Å². The largest absolute Gasteiger partial charge is 0.331 e. The second-order valence-electron chi connectivity index (χ2n) is 4.49. The number of sulfonamides is 1. The zero-order chi connectivity index (χ0) is 13.7. The van der Waals surface area contributed by atoms with E-state index in [9.17, 15) is 8.42 Å². The fourth-order valence-corrected chi connectivity index (χ4v) is 3.35. The van der Waals surface area contributed by atoms with Gasteiger partial charge in [-0.1, -0.05) is 25.0 Å². The van der Waals surface area contributed by atoms with E-state index in [4.69, 9.17) is 0 Å². The topological polar surface area (TPSA) is 49.7 Å². The molecule has 0 bridgehead atoms. The summed E-state index contributed by atoms with van der Waals surface area (Å²) in [7, 11) is -3.50. The molecule has 1 aromatic rings. The summed E-state index contributed by atoms with van der Waals surface area (Å²) in [5.41, 5.74) is 0.728. The van der Waals surface area contributed by atoms with Gasteiger partial charge in [0.15, 0.2) is 0 Å². The third-order valence-corrected chi connectivity index (χ3v) is 4.67. The Morgan fingerprint density at radius 1 is 1.11 bits per heavy atom. The highest BCUT2D eigenvalue weighted by molar-refractivity contribution is 7.90. The minimum atomic E-state index is -3.50. The van der Waals surface area contributed by atoms with Crippen molar-refractivity contribution in [2.45, 2.75) is 30.6 Å². The molecule has 19 heavy (non-hydrogen) atoms. The van der Waals surface area contributed by atoms with Crippen LogP contribution in [0.5, 0.6) is 0 Å². The van der Waals surface area contributed by atoms with E-state index < -0.39 is 10.0 Å². The Labute approximate surface area is 120 Å². The van der Waals surface area contributed by atoms with E-state index in [0.717, 1.165) is 43.7 Å².